The molecule has 0 spiro atoms. The van der Waals surface area contributed by atoms with Crippen molar-refractivity contribution in [3.63, 3.8) is 0 Å². The first-order valence-corrected chi connectivity index (χ1v) is 9.07. The molecule has 1 rings (SSSR count). The Morgan fingerprint density at radius 3 is 2.22 bits per heavy atom. The van der Waals surface area contributed by atoms with Crippen molar-refractivity contribution in [3.8, 4) is 0 Å². The highest BCUT2D eigenvalue weighted by molar-refractivity contribution is 7.90. The average molecular weight is 275 g/mol. The fourth-order valence-electron chi connectivity index (χ4n) is 3.14. The summed E-state index contributed by atoms with van der Waals surface area (Å²) in [6.07, 6.45) is 5.65. The first-order valence-electron chi connectivity index (χ1n) is 7.01. The summed E-state index contributed by atoms with van der Waals surface area (Å²) in [5, 5.41) is 0. The Morgan fingerprint density at radius 1 is 1.17 bits per heavy atom. The van der Waals surface area contributed by atoms with E-state index >= 15 is 0 Å². The molecule has 1 aliphatic rings. The third-order valence-electron chi connectivity index (χ3n) is 4.53. The van der Waals surface area contributed by atoms with Gasteiger partial charge in [-0.25, -0.2) is 8.42 Å². The molecule has 0 aromatic heterocycles. The van der Waals surface area contributed by atoms with Crippen LogP contribution in [0.2, 0.25) is 0 Å². The van der Waals surface area contributed by atoms with Crippen molar-refractivity contribution in [1.29, 1.82) is 0 Å². The molecular weight excluding hydrogens is 246 g/mol. The third-order valence-corrected chi connectivity index (χ3v) is 5.50. The highest BCUT2D eigenvalue weighted by Gasteiger charge is 2.35. The lowest BCUT2D eigenvalue weighted by molar-refractivity contribution is 0.0994. The Kier molecular flexibility index (Phi) is 5.24. The van der Waals surface area contributed by atoms with Gasteiger partial charge in [-0.05, 0) is 55.4 Å². The summed E-state index contributed by atoms with van der Waals surface area (Å²) in [6, 6.07) is 0. The highest BCUT2D eigenvalue weighted by atomic mass is 32.2. The van der Waals surface area contributed by atoms with Crippen molar-refractivity contribution in [2.24, 2.45) is 28.9 Å². The molecule has 0 heterocycles. The Hall–Kier alpha value is -0.0900. The SMILES string of the molecule is CC(C)(C)C1CCC(CN)C(CCS(C)(=O)=O)C1. The van der Waals surface area contributed by atoms with E-state index in [2.05, 4.69) is 20.8 Å². The summed E-state index contributed by atoms with van der Waals surface area (Å²) >= 11 is 0. The summed E-state index contributed by atoms with van der Waals surface area (Å²) in [4.78, 5) is 0. The second-order valence-electron chi connectivity index (χ2n) is 7.05. The lowest BCUT2D eigenvalue weighted by Gasteiger charge is -2.41. The zero-order chi connectivity index (χ0) is 14.0. The normalized spacial score (nSPS) is 30.4. The van der Waals surface area contributed by atoms with Crippen LogP contribution in [0, 0.1) is 23.2 Å². The molecule has 1 fully saturated rings. The average Bonchev–Trinajstić information content (AvgIpc) is 2.23. The zero-order valence-electron chi connectivity index (χ0n) is 12.3. The number of hydrogen-bond donors (Lipinski definition) is 1. The molecule has 0 saturated heterocycles. The predicted molar refractivity (Wildman–Crippen MR) is 77.2 cm³/mol. The predicted octanol–water partition coefficient (Wildman–Crippen LogP) is 2.46. The van der Waals surface area contributed by atoms with Gasteiger partial charge >= 0.3 is 0 Å². The quantitative estimate of drug-likeness (QED) is 0.857. The van der Waals surface area contributed by atoms with Gasteiger partial charge in [0.2, 0.25) is 0 Å². The van der Waals surface area contributed by atoms with Crippen molar-refractivity contribution in [3.05, 3.63) is 0 Å². The van der Waals surface area contributed by atoms with Crippen LogP contribution in [0.4, 0.5) is 0 Å². The van der Waals surface area contributed by atoms with E-state index < -0.39 is 9.84 Å². The van der Waals surface area contributed by atoms with E-state index in [-0.39, 0.29) is 0 Å². The van der Waals surface area contributed by atoms with Crippen LogP contribution < -0.4 is 5.73 Å². The minimum absolute atomic E-state index is 0.311. The molecule has 3 nitrogen and oxygen atoms in total. The maximum Gasteiger partial charge on any atom is 0.147 e. The highest BCUT2D eigenvalue weighted by Crippen LogP contribution is 2.43. The van der Waals surface area contributed by atoms with Gasteiger partial charge in [-0.1, -0.05) is 20.8 Å². The minimum Gasteiger partial charge on any atom is -0.330 e. The largest absolute Gasteiger partial charge is 0.330 e. The number of sulfone groups is 1. The molecule has 1 saturated carbocycles. The molecule has 2 N–H and O–H groups in total. The van der Waals surface area contributed by atoms with E-state index in [1.165, 1.54) is 12.7 Å². The van der Waals surface area contributed by atoms with Gasteiger partial charge in [-0.2, -0.15) is 0 Å². The van der Waals surface area contributed by atoms with E-state index in [0.29, 0.717) is 35.5 Å². The molecule has 108 valence electrons. The topological polar surface area (TPSA) is 60.2 Å². The Labute approximate surface area is 112 Å². The Morgan fingerprint density at radius 2 is 1.78 bits per heavy atom. The molecule has 18 heavy (non-hydrogen) atoms. The second kappa shape index (κ2) is 5.91. The van der Waals surface area contributed by atoms with Gasteiger partial charge in [-0.3, -0.25) is 0 Å². The maximum atomic E-state index is 11.3. The van der Waals surface area contributed by atoms with E-state index in [1.54, 1.807) is 0 Å². The van der Waals surface area contributed by atoms with Crippen LogP contribution >= 0.6 is 0 Å². The van der Waals surface area contributed by atoms with Crippen molar-refractivity contribution >= 4 is 9.84 Å². The van der Waals surface area contributed by atoms with Crippen LogP contribution in [-0.4, -0.2) is 27.0 Å². The monoisotopic (exact) mass is 275 g/mol. The fraction of sp³-hybridized carbons (Fsp3) is 1.00. The van der Waals surface area contributed by atoms with Crippen molar-refractivity contribution in [1.82, 2.24) is 0 Å². The van der Waals surface area contributed by atoms with Crippen LogP contribution in [-0.2, 0) is 9.84 Å². The lowest BCUT2D eigenvalue weighted by atomic mass is 9.65. The van der Waals surface area contributed by atoms with Crippen LogP contribution in [0.15, 0.2) is 0 Å². The van der Waals surface area contributed by atoms with Gasteiger partial charge in [0.1, 0.15) is 9.84 Å². The van der Waals surface area contributed by atoms with Gasteiger partial charge in [0.05, 0.1) is 5.75 Å². The van der Waals surface area contributed by atoms with Crippen molar-refractivity contribution < 1.29 is 8.42 Å². The van der Waals surface area contributed by atoms with Gasteiger partial charge in [0.25, 0.3) is 0 Å². The fourth-order valence-corrected chi connectivity index (χ4v) is 3.87. The van der Waals surface area contributed by atoms with Crippen LogP contribution in [0.5, 0.6) is 0 Å². The molecule has 0 radical (unpaired) electrons. The number of rotatable bonds is 4. The van der Waals surface area contributed by atoms with E-state index in [9.17, 15) is 8.42 Å². The first kappa shape index (κ1) is 16.0. The number of nitrogens with two attached hydrogens (primary N) is 1. The minimum atomic E-state index is -2.85. The maximum absolute atomic E-state index is 11.3. The lowest BCUT2D eigenvalue weighted by Crippen LogP contribution is -2.35. The third kappa shape index (κ3) is 4.88. The Balaban J connectivity index is 2.65. The Bertz CT molecular complexity index is 356. The van der Waals surface area contributed by atoms with Gasteiger partial charge in [0.15, 0.2) is 0 Å². The molecule has 3 atom stereocenters. The zero-order valence-corrected chi connectivity index (χ0v) is 13.1. The van der Waals surface area contributed by atoms with Crippen molar-refractivity contribution in [2.45, 2.75) is 46.5 Å². The van der Waals surface area contributed by atoms with Gasteiger partial charge in [0, 0.05) is 6.26 Å². The molecule has 0 aliphatic heterocycles. The summed E-state index contributed by atoms with van der Waals surface area (Å²) in [7, 11) is -2.85. The van der Waals surface area contributed by atoms with Crippen LogP contribution in [0.3, 0.4) is 0 Å². The second-order valence-corrected chi connectivity index (χ2v) is 9.31. The smallest absolute Gasteiger partial charge is 0.147 e. The molecule has 3 unspecified atom stereocenters. The molecule has 4 heteroatoms. The van der Waals surface area contributed by atoms with Crippen LogP contribution in [0.1, 0.15) is 46.5 Å². The molecule has 0 amide bonds. The molecule has 0 bridgehead atoms. The standard InChI is InChI=1S/C14H29NO2S/c1-14(2,3)13-6-5-12(10-15)11(9-13)7-8-18(4,16)17/h11-13H,5-10,15H2,1-4H3. The summed E-state index contributed by atoms with van der Waals surface area (Å²) < 4.78 is 22.6. The molecule has 1 aliphatic carbocycles. The van der Waals surface area contributed by atoms with E-state index in [1.807, 2.05) is 0 Å². The summed E-state index contributed by atoms with van der Waals surface area (Å²) in [5.74, 6) is 2.02. The first-order chi connectivity index (χ1) is 8.13. The van der Waals surface area contributed by atoms with Crippen LogP contribution in [0.25, 0.3) is 0 Å². The molecular formula is C14H29NO2S. The van der Waals surface area contributed by atoms with E-state index in [4.69, 9.17) is 5.73 Å². The van der Waals surface area contributed by atoms with E-state index in [0.717, 1.165) is 19.3 Å². The number of hydrogen-bond acceptors (Lipinski definition) is 3. The summed E-state index contributed by atoms with van der Waals surface area (Å²) in [6.45, 7) is 7.56. The van der Waals surface area contributed by atoms with Gasteiger partial charge in [-0.15, -0.1) is 0 Å². The summed E-state index contributed by atoms with van der Waals surface area (Å²) in [5.41, 5.74) is 6.16. The van der Waals surface area contributed by atoms with Crippen molar-refractivity contribution in [2.75, 3.05) is 18.6 Å². The molecule has 0 aromatic rings. The molecule has 0 aromatic carbocycles. The van der Waals surface area contributed by atoms with Gasteiger partial charge < -0.3 is 5.73 Å².